The summed E-state index contributed by atoms with van der Waals surface area (Å²) in [4.78, 5) is 36.1. The van der Waals surface area contributed by atoms with E-state index in [0.717, 1.165) is 0 Å². The van der Waals surface area contributed by atoms with Gasteiger partial charge in [-0.1, -0.05) is 58.5 Å². The van der Waals surface area contributed by atoms with E-state index in [0.29, 0.717) is 12.4 Å². The second kappa shape index (κ2) is 11.3. The Bertz CT molecular complexity index is 942. The van der Waals surface area contributed by atoms with Gasteiger partial charge in [-0.05, 0) is 25.1 Å². The fourth-order valence-electron chi connectivity index (χ4n) is 2.24. The molecule has 160 valence electrons. The van der Waals surface area contributed by atoms with Gasteiger partial charge in [-0.15, -0.1) is 0 Å². The van der Waals surface area contributed by atoms with E-state index in [1.54, 1.807) is 31.2 Å². The summed E-state index contributed by atoms with van der Waals surface area (Å²) in [6, 6.07) is 7.91. The van der Waals surface area contributed by atoms with Crippen molar-refractivity contribution in [3.05, 3.63) is 56.0 Å². The highest BCUT2D eigenvalue weighted by Crippen LogP contribution is 2.40. The molecule has 0 fully saturated rings. The van der Waals surface area contributed by atoms with Crippen LogP contribution in [0.3, 0.4) is 0 Å². The number of carbonyl (C=O) groups is 3. The lowest BCUT2D eigenvalue weighted by Crippen LogP contribution is -2.32. The first kappa shape index (κ1) is 24.1. The normalized spacial score (nSPS) is 10.3. The van der Waals surface area contributed by atoms with E-state index >= 15 is 0 Å². The first-order chi connectivity index (χ1) is 14.2. The van der Waals surface area contributed by atoms with Gasteiger partial charge in [0.05, 0.1) is 37.9 Å². The Kier molecular flexibility index (Phi) is 9.05. The minimum atomic E-state index is -0.825. The van der Waals surface area contributed by atoms with Crippen LogP contribution in [-0.4, -0.2) is 37.5 Å². The Balaban J connectivity index is 1.87. The molecule has 0 spiro atoms. The average molecular weight is 494 g/mol. The van der Waals surface area contributed by atoms with Crippen LogP contribution in [0.1, 0.15) is 17.3 Å². The van der Waals surface area contributed by atoms with E-state index in [1.807, 2.05) is 0 Å². The molecule has 2 rings (SSSR count). The maximum Gasteiger partial charge on any atom is 0.325 e. The monoisotopic (exact) mass is 492 g/mol. The molecule has 2 N–H and O–H groups in total. The first-order valence-electron chi connectivity index (χ1n) is 8.53. The summed E-state index contributed by atoms with van der Waals surface area (Å²) in [5.41, 5.74) is 0.268. The zero-order valence-corrected chi connectivity index (χ0v) is 18.6. The Labute approximate surface area is 192 Å². The summed E-state index contributed by atoms with van der Waals surface area (Å²) in [6.45, 7) is 1.08. The smallest absolute Gasteiger partial charge is 0.325 e. The molecule has 2 amide bonds. The number of hydrogen-bond donors (Lipinski definition) is 2. The van der Waals surface area contributed by atoms with Gasteiger partial charge < -0.3 is 20.1 Å². The number of anilines is 1. The third kappa shape index (κ3) is 6.40. The van der Waals surface area contributed by atoms with Crippen molar-refractivity contribution in [2.45, 2.75) is 6.92 Å². The SMILES string of the molecule is CCOc1ccccc1C(=O)NCC(=O)OCC(=O)Nc1c(Cl)c(Cl)cc(Cl)c1Cl. The number of halogens is 4. The lowest BCUT2D eigenvalue weighted by Gasteiger charge is -2.12. The summed E-state index contributed by atoms with van der Waals surface area (Å²) in [5.74, 6) is -1.68. The van der Waals surface area contributed by atoms with Gasteiger partial charge in [-0.25, -0.2) is 0 Å². The van der Waals surface area contributed by atoms with Crippen molar-refractivity contribution in [2.24, 2.45) is 0 Å². The molecule has 0 aliphatic carbocycles. The second-order valence-corrected chi connectivity index (χ2v) is 7.23. The second-order valence-electron chi connectivity index (χ2n) is 5.66. The minimum absolute atomic E-state index is 0.00211. The molecule has 0 atom stereocenters. The highest BCUT2D eigenvalue weighted by Gasteiger charge is 2.18. The van der Waals surface area contributed by atoms with Crippen LogP contribution in [0.2, 0.25) is 20.1 Å². The van der Waals surface area contributed by atoms with Crippen molar-refractivity contribution in [2.75, 3.05) is 25.1 Å². The summed E-state index contributed by atoms with van der Waals surface area (Å²) in [7, 11) is 0. The van der Waals surface area contributed by atoms with Crippen LogP contribution in [0.25, 0.3) is 0 Å². The molecule has 11 heteroatoms. The molecule has 0 aliphatic heterocycles. The predicted octanol–water partition coefficient (Wildman–Crippen LogP) is 4.61. The Morgan fingerprint density at radius 3 is 2.27 bits per heavy atom. The number of ether oxygens (including phenoxy) is 2. The first-order valence-corrected chi connectivity index (χ1v) is 10.0. The standard InChI is InChI=1S/C19H16Cl4N2O5/c1-2-29-13-6-4-3-5-10(13)19(28)24-8-15(27)30-9-14(26)25-18-16(22)11(20)7-12(21)17(18)23/h3-7H,2,8-9H2,1H3,(H,24,28)(H,25,26). The molecular formula is C19H16Cl4N2O5. The van der Waals surface area contributed by atoms with Crippen LogP contribution < -0.4 is 15.4 Å². The number of rotatable bonds is 8. The lowest BCUT2D eigenvalue weighted by atomic mass is 10.2. The fourth-order valence-corrected chi connectivity index (χ4v) is 3.14. The van der Waals surface area contributed by atoms with Crippen molar-refractivity contribution in [3.8, 4) is 5.75 Å². The number of benzene rings is 2. The molecule has 0 saturated heterocycles. The third-order valence-electron chi connectivity index (χ3n) is 3.57. The summed E-state index contributed by atoms with van der Waals surface area (Å²) in [5, 5.41) is 4.94. The molecular weight excluding hydrogens is 478 g/mol. The van der Waals surface area contributed by atoms with Gasteiger partial charge in [-0.2, -0.15) is 0 Å². The molecule has 0 radical (unpaired) electrons. The van der Waals surface area contributed by atoms with Crippen LogP contribution >= 0.6 is 46.4 Å². The van der Waals surface area contributed by atoms with E-state index in [4.69, 9.17) is 55.9 Å². The van der Waals surface area contributed by atoms with E-state index < -0.39 is 30.9 Å². The Hall–Kier alpha value is -2.19. The highest BCUT2D eigenvalue weighted by molar-refractivity contribution is 6.50. The zero-order valence-electron chi connectivity index (χ0n) is 15.6. The topological polar surface area (TPSA) is 93.7 Å². The maximum atomic E-state index is 12.2. The molecule has 0 aliphatic rings. The number of esters is 1. The Morgan fingerprint density at radius 2 is 1.63 bits per heavy atom. The number of nitrogens with one attached hydrogen (secondary N) is 2. The highest BCUT2D eigenvalue weighted by atomic mass is 35.5. The molecule has 0 aromatic heterocycles. The fraction of sp³-hybridized carbons (Fsp3) is 0.211. The molecule has 2 aromatic carbocycles. The van der Waals surface area contributed by atoms with Crippen molar-refractivity contribution < 1.29 is 23.9 Å². The van der Waals surface area contributed by atoms with E-state index in [-0.39, 0.29) is 31.3 Å². The van der Waals surface area contributed by atoms with E-state index in [2.05, 4.69) is 10.6 Å². The van der Waals surface area contributed by atoms with Crippen molar-refractivity contribution >= 4 is 69.9 Å². The van der Waals surface area contributed by atoms with Gasteiger partial charge in [0.25, 0.3) is 11.8 Å². The number of hydrogen-bond acceptors (Lipinski definition) is 5. The largest absolute Gasteiger partial charge is 0.493 e. The van der Waals surface area contributed by atoms with E-state index in [1.165, 1.54) is 6.07 Å². The van der Waals surface area contributed by atoms with E-state index in [9.17, 15) is 14.4 Å². The maximum absolute atomic E-state index is 12.2. The van der Waals surface area contributed by atoms with Crippen LogP contribution in [0.15, 0.2) is 30.3 Å². The molecule has 0 saturated carbocycles. The molecule has 7 nitrogen and oxygen atoms in total. The van der Waals surface area contributed by atoms with Crippen molar-refractivity contribution in [1.82, 2.24) is 5.32 Å². The third-order valence-corrected chi connectivity index (χ3v) is 5.14. The van der Waals surface area contributed by atoms with Crippen molar-refractivity contribution in [3.63, 3.8) is 0 Å². The molecule has 0 unspecified atom stereocenters. The Morgan fingerprint density at radius 1 is 1.00 bits per heavy atom. The van der Waals surface area contributed by atoms with Crippen LogP contribution in [0.5, 0.6) is 5.75 Å². The molecule has 30 heavy (non-hydrogen) atoms. The number of amides is 2. The summed E-state index contributed by atoms with van der Waals surface area (Å²) in [6.07, 6.45) is 0. The summed E-state index contributed by atoms with van der Waals surface area (Å²) < 4.78 is 10.2. The minimum Gasteiger partial charge on any atom is -0.493 e. The average Bonchev–Trinajstić information content (AvgIpc) is 2.72. The molecule has 0 heterocycles. The number of para-hydroxylation sites is 1. The number of carbonyl (C=O) groups excluding carboxylic acids is 3. The van der Waals surface area contributed by atoms with Gasteiger partial charge in [0.1, 0.15) is 12.3 Å². The summed E-state index contributed by atoms with van der Waals surface area (Å²) >= 11 is 23.8. The predicted molar refractivity (Wildman–Crippen MR) is 116 cm³/mol. The molecule has 0 bridgehead atoms. The van der Waals surface area contributed by atoms with Crippen LogP contribution in [-0.2, 0) is 14.3 Å². The van der Waals surface area contributed by atoms with Crippen LogP contribution in [0, 0.1) is 0 Å². The van der Waals surface area contributed by atoms with Gasteiger partial charge >= 0.3 is 5.97 Å². The zero-order chi connectivity index (χ0) is 22.3. The quantitative estimate of drug-likeness (QED) is 0.413. The van der Waals surface area contributed by atoms with Gasteiger partial charge in [0.2, 0.25) is 0 Å². The molecule has 2 aromatic rings. The van der Waals surface area contributed by atoms with Gasteiger partial charge in [0.15, 0.2) is 6.61 Å². The van der Waals surface area contributed by atoms with Crippen molar-refractivity contribution in [1.29, 1.82) is 0 Å². The lowest BCUT2D eigenvalue weighted by molar-refractivity contribution is -0.146. The van der Waals surface area contributed by atoms with Gasteiger partial charge in [-0.3, -0.25) is 14.4 Å². The van der Waals surface area contributed by atoms with Crippen LogP contribution in [0.4, 0.5) is 5.69 Å². The van der Waals surface area contributed by atoms with Gasteiger partial charge in [0, 0.05) is 0 Å².